The van der Waals surface area contributed by atoms with Gasteiger partial charge in [0.15, 0.2) is 0 Å². The van der Waals surface area contributed by atoms with Crippen molar-refractivity contribution in [1.29, 1.82) is 0 Å². The Labute approximate surface area is 176 Å². The van der Waals surface area contributed by atoms with Gasteiger partial charge in [0, 0.05) is 25.6 Å². The monoisotopic (exact) mass is 411 g/mol. The van der Waals surface area contributed by atoms with Gasteiger partial charge in [-0.25, -0.2) is 0 Å². The molecular weight excluding hydrogens is 382 g/mol. The largest absolute Gasteiger partial charge is 0.472 e. The molecule has 0 aliphatic carbocycles. The first-order chi connectivity index (χ1) is 14.4. The van der Waals surface area contributed by atoms with Crippen molar-refractivity contribution in [3.63, 3.8) is 0 Å². The highest BCUT2D eigenvalue weighted by molar-refractivity contribution is 5.94. The van der Waals surface area contributed by atoms with Crippen LogP contribution < -0.4 is 10.6 Å². The fraction of sp³-hybridized carbons (Fsp3) is 0.435. The van der Waals surface area contributed by atoms with Crippen LogP contribution in [0.25, 0.3) is 0 Å². The molecule has 0 spiro atoms. The third-order valence-electron chi connectivity index (χ3n) is 5.19. The second-order valence-corrected chi connectivity index (χ2v) is 8.10. The molecule has 1 fully saturated rings. The Morgan fingerprint density at radius 3 is 2.40 bits per heavy atom. The maximum Gasteiger partial charge on any atom is 0.257 e. The van der Waals surface area contributed by atoms with Gasteiger partial charge in [0.25, 0.3) is 5.91 Å². The number of amides is 3. The van der Waals surface area contributed by atoms with Crippen molar-refractivity contribution in [3.05, 3.63) is 60.1 Å². The maximum absolute atomic E-state index is 13.0. The molecule has 160 valence electrons. The van der Waals surface area contributed by atoms with E-state index in [0.29, 0.717) is 37.9 Å². The zero-order chi connectivity index (χ0) is 21.5. The van der Waals surface area contributed by atoms with E-state index in [1.807, 2.05) is 44.2 Å². The number of furan rings is 1. The van der Waals surface area contributed by atoms with Gasteiger partial charge >= 0.3 is 0 Å². The molecule has 7 heteroatoms. The van der Waals surface area contributed by atoms with Gasteiger partial charge in [-0.2, -0.15) is 0 Å². The molecular formula is C23H29N3O4. The summed E-state index contributed by atoms with van der Waals surface area (Å²) in [4.78, 5) is 39.5. The van der Waals surface area contributed by atoms with Crippen LogP contribution in [0.15, 0.2) is 53.3 Å². The molecule has 1 unspecified atom stereocenters. The van der Waals surface area contributed by atoms with E-state index in [-0.39, 0.29) is 29.7 Å². The Balaban J connectivity index is 1.59. The SMILES string of the molecule is CC(C)CC(=O)NC(C(=O)NC1CCN(C(=O)c2ccoc2)CC1)c1ccccc1. The molecule has 2 heterocycles. The first kappa shape index (κ1) is 21.6. The van der Waals surface area contributed by atoms with Gasteiger partial charge in [0.2, 0.25) is 11.8 Å². The van der Waals surface area contributed by atoms with Crippen LogP contribution in [-0.2, 0) is 9.59 Å². The second-order valence-electron chi connectivity index (χ2n) is 8.10. The lowest BCUT2D eigenvalue weighted by Crippen LogP contribution is -2.49. The van der Waals surface area contributed by atoms with E-state index in [2.05, 4.69) is 10.6 Å². The number of piperidine rings is 1. The van der Waals surface area contributed by atoms with Gasteiger partial charge in [-0.05, 0) is 30.4 Å². The third kappa shape index (κ3) is 5.72. The Bertz CT molecular complexity index is 841. The van der Waals surface area contributed by atoms with Crippen molar-refractivity contribution < 1.29 is 18.8 Å². The number of rotatable bonds is 7. The van der Waals surface area contributed by atoms with Crippen molar-refractivity contribution in [1.82, 2.24) is 15.5 Å². The molecule has 1 aliphatic rings. The quantitative estimate of drug-likeness (QED) is 0.733. The first-order valence-corrected chi connectivity index (χ1v) is 10.4. The van der Waals surface area contributed by atoms with Crippen molar-refractivity contribution >= 4 is 17.7 Å². The maximum atomic E-state index is 13.0. The van der Waals surface area contributed by atoms with Crippen LogP contribution in [0.4, 0.5) is 0 Å². The van der Waals surface area contributed by atoms with Crippen molar-refractivity contribution in [3.8, 4) is 0 Å². The Kier molecular flexibility index (Phi) is 7.27. The smallest absolute Gasteiger partial charge is 0.257 e. The van der Waals surface area contributed by atoms with E-state index in [4.69, 9.17) is 4.42 Å². The minimum Gasteiger partial charge on any atom is -0.472 e. The number of benzene rings is 1. The number of nitrogens with zero attached hydrogens (tertiary/aromatic N) is 1. The highest BCUT2D eigenvalue weighted by Gasteiger charge is 2.28. The van der Waals surface area contributed by atoms with E-state index >= 15 is 0 Å². The molecule has 1 aromatic heterocycles. The lowest BCUT2D eigenvalue weighted by molar-refractivity contribution is -0.130. The number of carbonyl (C=O) groups excluding carboxylic acids is 3. The Morgan fingerprint density at radius 2 is 1.80 bits per heavy atom. The minimum atomic E-state index is -0.733. The third-order valence-corrected chi connectivity index (χ3v) is 5.19. The van der Waals surface area contributed by atoms with Crippen LogP contribution in [0, 0.1) is 5.92 Å². The van der Waals surface area contributed by atoms with E-state index in [0.717, 1.165) is 5.56 Å². The van der Waals surface area contributed by atoms with Gasteiger partial charge in [0.1, 0.15) is 12.3 Å². The van der Waals surface area contributed by atoms with Gasteiger partial charge < -0.3 is 20.0 Å². The summed E-state index contributed by atoms with van der Waals surface area (Å²) in [6.45, 7) is 5.06. The van der Waals surface area contributed by atoms with Crippen molar-refractivity contribution in [2.75, 3.05) is 13.1 Å². The predicted molar refractivity (Wildman–Crippen MR) is 113 cm³/mol. The van der Waals surface area contributed by atoms with Crippen LogP contribution >= 0.6 is 0 Å². The number of likely N-dealkylation sites (tertiary alicyclic amines) is 1. The average molecular weight is 412 g/mol. The highest BCUT2D eigenvalue weighted by Crippen LogP contribution is 2.18. The van der Waals surface area contributed by atoms with E-state index in [1.165, 1.54) is 12.5 Å². The van der Waals surface area contributed by atoms with Crippen LogP contribution in [0.3, 0.4) is 0 Å². The van der Waals surface area contributed by atoms with Gasteiger partial charge in [0.05, 0.1) is 11.8 Å². The number of nitrogens with one attached hydrogen (secondary N) is 2. The zero-order valence-corrected chi connectivity index (χ0v) is 17.5. The van der Waals surface area contributed by atoms with E-state index in [1.54, 1.807) is 11.0 Å². The molecule has 1 atom stereocenters. The molecule has 30 heavy (non-hydrogen) atoms. The summed E-state index contributed by atoms with van der Waals surface area (Å²) in [7, 11) is 0. The molecule has 0 bridgehead atoms. The fourth-order valence-corrected chi connectivity index (χ4v) is 3.62. The number of carbonyl (C=O) groups is 3. The van der Waals surface area contributed by atoms with Gasteiger partial charge in [-0.1, -0.05) is 44.2 Å². The molecule has 3 rings (SSSR count). The standard InChI is InChI=1S/C23H29N3O4/c1-16(2)14-20(27)25-21(17-6-4-3-5-7-17)22(28)24-19-8-11-26(12-9-19)23(29)18-10-13-30-15-18/h3-7,10,13,15-16,19,21H,8-9,11-12,14H2,1-2H3,(H,24,28)(H,25,27). The molecule has 0 radical (unpaired) electrons. The highest BCUT2D eigenvalue weighted by atomic mass is 16.3. The normalized spacial score (nSPS) is 15.6. The summed E-state index contributed by atoms with van der Waals surface area (Å²) in [6, 6.07) is 10.1. The predicted octanol–water partition coefficient (Wildman–Crippen LogP) is 2.90. The van der Waals surface area contributed by atoms with Crippen molar-refractivity contribution in [2.24, 2.45) is 5.92 Å². The van der Waals surface area contributed by atoms with Crippen LogP contribution in [0.2, 0.25) is 0 Å². The second kappa shape index (κ2) is 10.1. The van der Waals surface area contributed by atoms with Crippen LogP contribution in [-0.4, -0.2) is 41.8 Å². The van der Waals surface area contributed by atoms with E-state index < -0.39 is 6.04 Å². The van der Waals surface area contributed by atoms with Crippen molar-refractivity contribution in [2.45, 2.75) is 45.2 Å². The molecule has 1 aliphatic heterocycles. The minimum absolute atomic E-state index is 0.0425. The molecule has 1 aromatic carbocycles. The molecule has 0 saturated carbocycles. The Morgan fingerprint density at radius 1 is 1.10 bits per heavy atom. The molecule has 2 N–H and O–H groups in total. The summed E-state index contributed by atoms with van der Waals surface area (Å²) in [5.41, 5.74) is 1.29. The van der Waals surface area contributed by atoms with Gasteiger partial charge in [-0.3, -0.25) is 14.4 Å². The molecule has 2 aromatic rings. The molecule has 7 nitrogen and oxygen atoms in total. The zero-order valence-electron chi connectivity index (χ0n) is 17.5. The lowest BCUT2D eigenvalue weighted by Gasteiger charge is -2.33. The average Bonchev–Trinajstić information content (AvgIpc) is 3.27. The van der Waals surface area contributed by atoms with E-state index in [9.17, 15) is 14.4 Å². The van der Waals surface area contributed by atoms with Crippen LogP contribution in [0.5, 0.6) is 0 Å². The molecule has 1 saturated heterocycles. The number of hydrogen-bond acceptors (Lipinski definition) is 4. The summed E-state index contributed by atoms with van der Waals surface area (Å²) >= 11 is 0. The summed E-state index contributed by atoms with van der Waals surface area (Å²) in [5, 5.41) is 5.93. The summed E-state index contributed by atoms with van der Waals surface area (Å²) < 4.78 is 4.99. The lowest BCUT2D eigenvalue weighted by atomic mass is 10.0. The topological polar surface area (TPSA) is 91.7 Å². The Hall–Kier alpha value is -3.09. The van der Waals surface area contributed by atoms with Crippen LogP contribution in [0.1, 0.15) is 55.1 Å². The van der Waals surface area contributed by atoms with Gasteiger partial charge in [-0.15, -0.1) is 0 Å². The summed E-state index contributed by atoms with van der Waals surface area (Å²) in [6.07, 6.45) is 4.62. The first-order valence-electron chi connectivity index (χ1n) is 10.4. The summed E-state index contributed by atoms with van der Waals surface area (Å²) in [5.74, 6) is -0.217. The fourth-order valence-electron chi connectivity index (χ4n) is 3.62. The molecule has 3 amide bonds. The number of hydrogen-bond donors (Lipinski definition) is 2.